The topological polar surface area (TPSA) is 76.7 Å². The lowest BCUT2D eigenvalue weighted by Gasteiger charge is -2.13. The van der Waals surface area contributed by atoms with Gasteiger partial charge in [-0.25, -0.2) is 0 Å². The highest BCUT2D eigenvalue weighted by atomic mass is 16.5. The molecule has 1 aliphatic rings. The molecular weight excluding hydrogens is 344 g/mol. The van der Waals surface area contributed by atoms with Crippen LogP contribution in [0.2, 0.25) is 0 Å². The first-order valence-electron chi connectivity index (χ1n) is 9.07. The van der Waals surface area contributed by atoms with Crippen molar-refractivity contribution >= 4 is 17.5 Å². The van der Waals surface area contributed by atoms with Gasteiger partial charge < -0.3 is 20.1 Å². The lowest BCUT2D eigenvalue weighted by Crippen LogP contribution is -2.23. The van der Waals surface area contributed by atoms with Gasteiger partial charge in [-0.3, -0.25) is 9.59 Å². The summed E-state index contributed by atoms with van der Waals surface area (Å²) < 4.78 is 11.6. The van der Waals surface area contributed by atoms with Gasteiger partial charge in [0.15, 0.2) is 0 Å². The minimum atomic E-state index is -0.193. The Kier molecular flexibility index (Phi) is 5.64. The molecule has 1 unspecified atom stereocenters. The summed E-state index contributed by atoms with van der Waals surface area (Å²) in [4.78, 5) is 23.5. The second-order valence-electron chi connectivity index (χ2n) is 6.57. The van der Waals surface area contributed by atoms with Crippen LogP contribution in [0.15, 0.2) is 36.4 Å². The van der Waals surface area contributed by atoms with E-state index in [9.17, 15) is 9.59 Å². The van der Waals surface area contributed by atoms with Crippen LogP contribution in [0.4, 0.5) is 5.69 Å². The van der Waals surface area contributed by atoms with E-state index in [1.165, 1.54) is 6.92 Å². The van der Waals surface area contributed by atoms with Gasteiger partial charge in [-0.2, -0.15) is 0 Å². The molecule has 0 spiro atoms. The molecule has 27 heavy (non-hydrogen) atoms. The molecule has 2 aromatic rings. The van der Waals surface area contributed by atoms with Gasteiger partial charge >= 0.3 is 0 Å². The Bertz CT molecular complexity index is 846. The summed E-state index contributed by atoms with van der Waals surface area (Å²) in [6.07, 6.45) is 1.02. The molecule has 0 bridgehead atoms. The number of amides is 2. The van der Waals surface area contributed by atoms with Crippen LogP contribution in [-0.4, -0.2) is 24.5 Å². The summed E-state index contributed by atoms with van der Waals surface area (Å²) in [5.74, 6) is 1.29. The predicted molar refractivity (Wildman–Crippen MR) is 103 cm³/mol. The van der Waals surface area contributed by atoms with Crippen LogP contribution in [-0.2, 0) is 17.8 Å². The lowest BCUT2D eigenvalue weighted by molar-refractivity contribution is -0.114. The highest BCUT2D eigenvalue weighted by Crippen LogP contribution is 2.35. The SMILES string of the molecule is CCOc1cc2c(cc1CNC(=O)c1ccc(NC(C)=O)cc1)OC(C)C2. The molecule has 0 radical (unpaired) electrons. The molecule has 1 aliphatic heterocycles. The molecule has 0 saturated heterocycles. The van der Waals surface area contributed by atoms with E-state index in [1.54, 1.807) is 24.3 Å². The Labute approximate surface area is 158 Å². The van der Waals surface area contributed by atoms with E-state index in [-0.39, 0.29) is 17.9 Å². The Morgan fingerprint density at radius 2 is 1.96 bits per heavy atom. The van der Waals surface area contributed by atoms with Crippen LogP contribution < -0.4 is 20.1 Å². The molecule has 6 nitrogen and oxygen atoms in total. The fourth-order valence-electron chi connectivity index (χ4n) is 3.10. The molecule has 0 fully saturated rings. The molecule has 0 aromatic heterocycles. The quantitative estimate of drug-likeness (QED) is 0.820. The monoisotopic (exact) mass is 368 g/mol. The van der Waals surface area contributed by atoms with Crippen molar-refractivity contribution in [1.82, 2.24) is 5.32 Å². The molecule has 0 aliphatic carbocycles. The number of carbonyl (C=O) groups is 2. The summed E-state index contributed by atoms with van der Waals surface area (Å²) in [5.41, 5.74) is 3.19. The fraction of sp³-hybridized carbons (Fsp3) is 0.333. The maximum Gasteiger partial charge on any atom is 0.251 e. The van der Waals surface area contributed by atoms with Crippen LogP contribution in [0.1, 0.15) is 42.3 Å². The Morgan fingerprint density at radius 1 is 1.22 bits per heavy atom. The fourth-order valence-corrected chi connectivity index (χ4v) is 3.10. The molecular formula is C21H24N2O4. The zero-order valence-corrected chi connectivity index (χ0v) is 15.8. The first kappa shape index (κ1) is 18.8. The van der Waals surface area contributed by atoms with E-state index >= 15 is 0 Å². The number of nitrogens with one attached hydrogen (secondary N) is 2. The summed E-state index contributed by atoms with van der Waals surface area (Å²) in [6, 6.07) is 10.7. The van der Waals surface area contributed by atoms with Gasteiger partial charge in [0.05, 0.1) is 6.61 Å². The van der Waals surface area contributed by atoms with Crippen LogP contribution in [0, 0.1) is 0 Å². The number of ether oxygens (including phenoxy) is 2. The number of hydrogen-bond acceptors (Lipinski definition) is 4. The standard InChI is InChI=1S/C21H24N2O4/c1-4-26-19-10-16-9-13(2)27-20(16)11-17(19)12-22-21(25)15-5-7-18(8-6-15)23-14(3)24/h5-8,10-11,13H,4,9,12H2,1-3H3,(H,22,25)(H,23,24). The zero-order valence-electron chi connectivity index (χ0n) is 15.8. The normalized spacial score (nSPS) is 14.9. The van der Waals surface area contributed by atoms with E-state index in [0.717, 1.165) is 29.0 Å². The highest BCUT2D eigenvalue weighted by Gasteiger charge is 2.22. The molecule has 6 heteroatoms. The van der Waals surface area contributed by atoms with Crippen LogP contribution in [0.5, 0.6) is 11.5 Å². The maximum absolute atomic E-state index is 12.4. The lowest BCUT2D eigenvalue weighted by atomic mass is 10.1. The van der Waals surface area contributed by atoms with Gasteiger partial charge in [0.1, 0.15) is 17.6 Å². The van der Waals surface area contributed by atoms with Gasteiger partial charge in [-0.1, -0.05) is 0 Å². The van der Waals surface area contributed by atoms with Gasteiger partial charge in [-0.15, -0.1) is 0 Å². The van der Waals surface area contributed by atoms with Gasteiger partial charge in [-0.05, 0) is 50.2 Å². The number of rotatable bonds is 6. The van der Waals surface area contributed by atoms with Crippen molar-refractivity contribution in [3.63, 3.8) is 0 Å². The molecule has 1 atom stereocenters. The zero-order chi connectivity index (χ0) is 19.4. The Hall–Kier alpha value is -3.02. The minimum Gasteiger partial charge on any atom is -0.494 e. The van der Waals surface area contributed by atoms with Crippen molar-refractivity contribution in [2.45, 2.75) is 39.8 Å². The second-order valence-corrected chi connectivity index (χ2v) is 6.57. The third-order valence-electron chi connectivity index (χ3n) is 4.29. The second kappa shape index (κ2) is 8.12. The predicted octanol–water partition coefficient (Wildman–Crippen LogP) is 3.30. The van der Waals surface area contributed by atoms with Crippen molar-refractivity contribution in [1.29, 1.82) is 0 Å². The van der Waals surface area contributed by atoms with Crippen molar-refractivity contribution in [3.8, 4) is 11.5 Å². The summed E-state index contributed by atoms with van der Waals surface area (Å²) in [7, 11) is 0. The highest BCUT2D eigenvalue weighted by molar-refractivity contribution is 5.95. The summed E-state index contributed by atoms with van der Waals surface area (Å²) in [6.45, 7) is 6.31. The molecule has 3 rings (SSSR count). The summed E-state index contributed by atoms with van der Waals surface area (Å²) in [5, 5.41) is 5.59. The molecule has 142 valence electrons. The average molecular weight is 368 g/mol. The first-order chi connectivity index (χ1) is 13.0. The number of anilines is 1. The third-order valence-corrected chi connectivity index (χ3v) is 4.29. The molecule has 2 amide bonds. The minimum absolute atomic E-state index is 0.149. The molecule has 0 saturated carbocycles. The van der Waals surface area contributed by atoms with Gasteiger partial charge in [0.2, 0.25) is 5.91 Å². The first-order valence-corrected chi connectivity index (χ1v) is 9.07. The van der Waals surface area contributed by atoms with E-state index in [1.807, 2.05) is 26.0 Å². The van der Waals surface area contributed by atoms with Gasteiger partial charge in [0, 0.05) is 42.3 Å². The molecule has 1 heterocycles. The van der Waals surface area contributed by atoms with E-state index in [4.69, 9.17) is 9.47 Å². The van der Waals surface area contributed by atoms with Crippen molar-refractivity contribution in [3.05, 3.63) is 53.1 Å². The molecule has 2 N–H and O–H groups in total. The van der Waals surface area contributed by atoms with Crippen LogP contribution in [0.25, 0.3) is 0 Å². The third kappa shape index (κ3) is 4.58. The molecule has 2 aromatic carbocycles. The van der Waals surface area contributed by atoms with Crippen molar-refractivity contribution < 1.29 is 19.1 Å². The van der Waals surface area contributed by atoms with Crippen LogP contribution in [0.3, 0.4) is 0 Å². The number of fused-ring (bicyclic) bond motifs is 1. The Balaban J connectivity index is 1.69. The van der Waals surface area contributed by atoms with Gasteiger partial charge in [0.25, 0.3) is 5.91 Å². The Morgan fingerprint density at radius 3 is 2.63 bits per heavy atom. The largest absolute Gasteiger partial charge is 0.494 e. The van der Waals surface area contributed by atoms with E-state index in [2.05, 4.69) is 10.6 Å². The van der Waals surface area contributed by atoms with Crippen LogP contribution >= 0.6 is 0 Å². The van der Waals surface area contributed by atoms with E-state index < -0.39 is 0 Å². The maximum atomic E-state index is 12.4. The number of carbonyl (C=O) groups excluding carboxylic acids is 2. The smallest absolute Gasteiger partial charge is 0.251 e. The average Bonchev–Trinajstić information content (AvgIpc) is 2.98. The van der Waals surface area contributed by atoms with E-state index in [0.29, 0.717) is 24.4 Å². The number of hydrogen-bond donors (Lipinski definition) is 2. The summed E-state index contributed by atoms with van der Waals surface area (Å²) >= 11 is 0. The number of benzene rings is 2. The van der Waals surface area contributed by atoms with Crippen molar-refractivity contribution in [2.75, 3.05) is 11.9 Å². The van der Waals surface area contributed by atoms with Crippen molar-refractivity contribution in [2.24, 2.45) is 0 Å².